The molecule has 1 aromatic carbocycles. The molecule has 0 saturated carbocycles. The van der Waals surface area contributed by atoms with Crippen LogP contribution >= 0.6 is 11.8 Å². The smallest absolute Gasteiger partial charge is 0.322 e. The van der Waals surface area contributed by atoms with Gasteiger partial charge in [0.15, 0.2) is 5.82 Å². The monoisotopic (exact) mass is 475 g/mol. The van der Waals surface area contributed by atoms with Crippen molar-refractivity contribution in [2.24, 2.45) is 0 Å². The summed E-state index contributed by atoms with van der Waals surface area (Å²) in [6, 6.07) is 8.18. The zero-order chi connectivity index (χ0) is 23.6. The van der Waals surface area contributed by atoms with Crippen LogP contribution < -0.4 is 5.32 Å². The van der Waals surface area contributed by atoms with Gasteiger partial charge < -0.3 is 5.32 Å². The highest BCUT2D eigenvalue weighted by atomic mass is 32.2. The molecule has 0 radical (unpaired) electrons. The van der Waals surface area contributed by atoms with Gasteiger partial charge in [-0.25, -0.2) is 9.67 Å². The molecular formula is C23H24F3N5OS. The molecule has 4 rings (SSSR count). The normalized spacial score (nSPS) is 14.9. The standard InChI is InChI=1S/C23H24F3N5OS/c1-15-11-17(14-30-7-9-33-10-8-30)3-5-20(15)29-22(32)19-13-28-31(16(19)2)21-6-4-18(12-27-21)23(24,25)26/h3-6,11-13H,7-10,14H2,1-2H3,(H,29,32). The number of pyridine rings is 1. The van der Waals surface area contributed by atoms with Crippen LogP contribution in [-0.2, 0) is 12.7 Å². The Bertz CT molecular complexity index is 1140. The third kappa shape index (κ3) is 5.39. The molecule has 0 aliphatic carbocycles. The van der Waals surface area contributed by atoms with Crippen molar-refractivity contribution < 1.29 is 18.0 Å². The van der Waals surface area contributed by atoms with Crippen LogP contribution in [0.1, 0.15) is 32.7 Å². The number of carbonyl (C=O) groups excluding carboxylic acids is 1. The molecule has 1 fully saturated rings. The minimum Gasteiger partial charge on any atom is -0.322 e. The van der Waals surface area contributed by atoms with Crippen LogP contribution in [0, 0.1) is 13.8 Å². The number of anilines is 1. The fraction of sp³-hybridized carbons (Fsp3) is 0.348. The van der Waals surface area contributed by atoms with E-state index in [0.717, 1.165) is 49.0 Å². The summed E-state index contributed by atoms with van der Waals surface area (Å²) in [5.41, 5.74) is 2.84. The number of alkyl halides is 3. The van der Waals surface area contributed by atoms with Gasteiger partial charge in [0.2, 0.25) is 0 Å². The predicted molar refractivity (Wildman–Crippen MR) is 123 cm³/mol. The summed E-state index contributed by atoms with van der Waals surface area (Å²) < 4.78 is 39.7. The van der Waals surface area contributed by atoms with E-state index in [1.165, 1.54) is 22.5 Å². The summed E-state index contributed by atoms with van der Waals surface area (Å²) in [4.78, 5) is 19.2. The molecule has 1 saturated heterocycles. The van der Waals surface area contributed by atoms with Gasteiger partial charge in [-0.05, 0) is 43.2 Å². The van der Waals surface area contributed by atoms with E-state index >= 15 is 0 Å². The molecule has 0 unspecified atom stereocenters. The van der Waals surface area contributed by atoms with Gasteiger partial charge in [0.25, 0.3) is 5.91 Å². The van der Waals surface area contributed by atoms with Crippen LogP contribution in [0.15, 0.2) is 42.7 Å². The SMILES string of the molecule is Cc1cc(CN2CCSCC2)ccc1NC(=O)c1cnn(-c2ccc(C(F)(F)F)cn2)c1C. The Kier molecular flexibility index (Phi) is 6.76. The van der Waals surface area contributed by atoms with Crippen LogP contribution in [0.4, 0.5) is 18.9 Å². The zero-order valence-electron chi connectivity index (χ0n) is 18.3. The summed E-state index contributed by atoms with van der Waals surface area (Å²) in [6.07, 6.45) is -2.32. The van der Waals surface area contributed by atoms with Gasteiger partial charge in [0.05, 0.1) is 23.0 Å². The van der Waals surface area contributed by atoms with E-state index in [2.05, 4.69) is 26.4 Å². The van der Waals surface area contributed by atoms with E-state index < -0.39 is 11.7 Å². The second kappa shape index (κ2) is 9.56. The summed E-state index contributed by atoms with van der Waals surface area (Å²) in [6.45, 7) is 6.68. The van der Waals surface area contributed by atoms with Crippen molar-refractivity contribution in [3.8, 4) is 5.82 Å². The number of nitrogens with zero attached hydrogens (tertiary/aromatic N) is 4. The van der Waals surface area contributed by atoms with Crippen molar-refractivity contribution in [1.29, 1.82) is 0 Å². The molecule has 6 nitrogen and oxygen atoms in total. The molecule has 0 atom stereocenters. The van der Waals surface area contributed by atoms with E-state index in [0.29, 0.717) is 16.9 Å². The second-order valence-corrected chi connectivity index (χ2v) is 9.17. The number of rotatable bonds is 5. The van der Waals surface area contributed by atoms with Crippen molar-refractivity contribution in [2.45, 2.75) is 26.6 Å². The third-order valence-electron chi connectivity index (χ3n) is 5.60. The maximum absolute atomic E-state index is 12.9. The molecule has 0 spiro atoms. The lowest BCUT2D eigenvalue weighted by molar-refractivity contribution is -0.137. The highest BCUT2D eigenvalue weighted by Gasteiger charge is 2.31. The Morgan fingerprint density at radius 1 is 1.12 bits per heavy atom. The quantitative estimate of drug-likeness (QED) is 0.580. The topological polar surface area (TPSA) is 63.1 Å². The van der Waals surface area contributed by atoms with Crippen molar-refractivity contribution in [3.63, 3.8) is 0 Å². The molecule has 3 heterocycles. The highest BCUT2D eigenvalue weighted by Crippen LogP contribution is 2.29. The molecule has 33 heavy (non-hydrogen) atoms. The largest absolute Gasteiger partial charge is 0.417 e. The van der Waals surface area contributed by atoms with Crippen LogP contribution in [0.2, 0.25) is 0 Å². The Balaban J connectivity index is 1.46. The molecule has 2 aromatic heterocycles. The summed E-state index contributed by atoms with van der Waals surface area (Å²) >= 11 is 1.98. The number of benzene rings is 1. The summed E-state index contributed by atoms with van der Waals surface area (Å²) in [5, 5.41) is 7.06. The Morgan fingerprint density at radius 2 is 1.88 bits per heavy atom. The first kappa shape index (κ1) is 23.3. The first-order chi connectivity index (χ1) is 15.7. The van der Waals surface area contributed by atoms with Gasteiger partial charge >= 0.3 is 6.18 Å². The first-order valence-electron chi connectivity index (χ1n) is 10.5. The van der Waals surface area contributed by atoms with Crippen molar-refractivity contribution in [1.82, 2.24) is 19.7 Å². The van der Waals surface area contributed by atoms with Gasteiger partial charge in [-0.3, -0.25) is 9.69 Å². The molecule has 1 N–H and O–H groups in total. The van der Waals surface area contributed by atoms with Crippen molar-refractivity contribution in [3.05, 3.63) is 70.7 Å². The van der Waals surface area contributed by atoms with E-state index in [1.54, 1.807) is 6.92 Å². The average molecular weight is 476 g/mol. The first-order valence-corrected chi connectivity index (χ1v) is 11.7. The molecule has 1 amide bonds. The minimum atomic E-state index is -4.46. The molecule has 10 heteroatoms. The van der Waals surface area contributed by atoms with E-state index in [1.807, 2.05) is 30.8 Å². The average Bonchev–Trinajstić information content (AvgIpc) is 3.17. The molecule has 0 bridgehead atoms. The fourth-order valence-corrected chi connectivity index (χ4v) is 4.69. The minimum absolute atomic E-state index is 0.205. The Morgan fingerprint density at radius 3 is 2.52 bits per heavy atom. The number of nitrogens with one attached hydrogen (secondary N) is 1. The molecule has 3 aromatic rings. The molecule has 1 aliphatic rings. The maximum Gasteiger partial charge on any atom is 0.417 e. The van der Waals surface area contributed by atoms with E-state index in [9.17, 15) is 18.0 Å². The molecular weight excluding hydrogens is 451 g/mol. The summed E-state index contributed by atoms with van der Waals surface area (Å²) in [7, 11) is 0. The third-order valence-corrected chi connectivity index (χ3v) is 6.54. The summed E-state index contributed by atoms with van der Waals surface area (Å²) in [5.74, 6) is 2.18. The van der Waals surface area contributed by atoms with Crippen LogP contribution in [0.5, 0.6) is 0 Å². The number of aryl methyl sites for hydroxylation is 1. The van der Waals surface area contributed by atoms with Gasteiger partial charge in [0.1, 0.15) is 0 Å². The van der Waals surface area contributed by atoms with Gasteiger partial charge in [-0.2, -0.15) is 30.0 Å². The van der Waals surface area contributed by atoms with Crippen molar-refractivity contribution in [2.75, 3.05) is 29.9 Å². The number of hydrogen-bond donors (Lipinski definition) is 1. The molecule has 1 aliphatic heterocycles. The lowest BCUT2D eigenvalue weighted by Crippen LogP contribution is -2.31. The zero-order valence-corrected chi connectivity index (χ0v) is 19.1. The second-order valence-electron chi connectivity index (χ2n) is 7.95. The maximum atomic E-state index is 12.9. The van der Waals surface area contributed by atoms with Gasteiger partial charge in [-0.1, -0.05) is 12.1 Å². The number of carbonyl (C=O) groups is 1. The lowest BCUT2D eigenvalue weighted by atomic mass is 10.1. The lowest BCUT2D eigenvalue weighted by Gasteiger charge is -2.26. The van der Waals surface area contributed by atoms with Gasteiger partial charge in [0, 0.05) is 43.0 Å². The number of thioether (sulfide) groups is 1. The number of amides is 1. The highest BCUT2D eigenvalue weighted by molar-refractivity contribution is 7.99. The Labute approximate surface area is 194 Å². The molecule has 174 valence electrons. The predicted octanol–water partition coefficient (Wildman–Crippen LogP) is 4.70. The van der Waals surface area contributed by atoms with Crippen LogP contribution in [0.3, 0.4) is 0 Å². The van der Waals surface area contributed by atoms with Gasteiger partial charge in [-0.15, -0.1) is 0 Å². The number of halogens is 3. The van der Waals surface area contributed by atoms with Crippen molar-refractivity contribution >= 4 is 23.4 Å². The number of hydrogen-bond acceptors (Lipinski definition) is 5. The van der Waals surface area contributed by atoms with Crippen LogP contribution in [-0.4, -0.2) is 50.2 Å². The fourth-order valence-electron chi connectivity index (χ4n) is 3.71. The Hall–Kier alpha value is -2.85. The van der Waals surface area contributed by atoms with Crippen LogP contribution in [0.25, 0.3) is 5.82 Å². The number of aromatic nitrogens is 3. The van der Waals surface area contributed by atoms with E-state index in [4.69, 9.17) is 0 Å². The van der Waals surface area contributed by atoms with E-state index in [-0.39, 0.29) is 11.7 Å².